The summed E-state index contributed by atoms with van der Waals surface area (Å²) in [6.07, 6.45) is 19.2. The maximum Gasteiger partial charge on any atom is 0.0692 e. The highest BCUT2D eigenvalue weighted by molar-refractivity contribution is 5.06. The molecule has 0 amide bonds. The van der Waals surface area contributed by atoms with Gasteiger partial charge in [0, 0.05) is 0 Å². The summed E-state index contributed by atoms with van der Waals surface area (Å²) in [5, 5.41) is 10.0. The number of hydrogen-bond donors (Lipinski definition) is 0. The molecule has 0 aromatic rings. The molecule has 3 saturated carbocycles. The molecule has 0 N–H and O–H groups in total. The molecule has 3 rings (SSSR count). The van der Waals surface area contributed by atoms with Crippen LogP contribution in [0.15, 0.2) is 0 Å². The van der Waals surface area contributed by atoms with Crippen LogP contribution < -0.4 is 0 Å². The summed E-state index contributed by atoms with van der Waals surface area (Å²) >= 11 is 0. The maximum atomic E-state index is 10.0. The van der Waals surface area contributed by atoms with Crippen LogP contribution in [0.1, 0.15) is 104 Å². The zero-order valence-corrected chi connectivity index (χ0v) is 16.2. The molecule has 3 fully saturated rings. The van der Waals surface area contributed by atoms with Crippen molar-refractivity contribution in [2.45, 2.75) is 104 Å². The van der Waals surface area contributed by atoms with Gasteiger partial charge in [0.25, 0.3) is 0 Å². The third-order valence-electron chi connectivity index (χ3n) is 8.49. The molecule has 0 aromatic carbocycles. The Labute approximate surface area is 150 Å². The van der Waals surface area contributed by atoms with E-state index in [4.69, 9.17) is 0 Å². The molecule has 136 valence electrons. The lowest BCUT2D eigenvalue weighted by Crippen LogP contribution is -2.37. The fourth-order valence-electron chi connectivity index (χ4n) is 6.43. The van der Waals surface area contributed by atoms with Crippen molar-refractivity contribution in [3.63, 3.8) is 0 Å². The van der Waals surface area contributed by atoms with E-state index in [2.05, 4.69) is 19.9 Å². The zero-order valence-electron chi connectivity index (χ0n) is 16.2. The Balaban J connectivity index is 1.52. The number of nitriles is 1. The second kappa shape index (κ2) is 8.25. The van der Waals surface area contributed by atoms with Crippen LogP contribution in [0.4, 0.5) is 0 Å². The van der Waals surface area contributed by atoms with E-state index >= 15 is 0 Å². The van der Waals surface area contributed by atoms with Gasteiger partial charge in [0.05, 0.1) is 11.5 Å². The molecule has 24 heavy (non-hydrogen) atoms. The highest BCUT2D eigenvalue weighted by Crippen LogP contribution is 2.52. The van der Waals surface area contributed by atoms with Crippen LogP contribution in [0.3, 0.4) is 0 Å². The molecule has 0 spiro atoms. The molecule has 0 saturated heterocycles. The smallest absolute Gasteiger partial charge is 0.0692 e. The quantitative estimate of drug-likeness (QED) is 0.538. The summed E-state index contributed by atoms with van der Waals surface area (Å²) < 4.78 is 0. The van der Waals surface area contributed by atoms with Gasteiger partial charge in [-0.1, -0.05) is 52.4 Å². The summed E-state index contributed by atoms with van der Waals surface area (Å²) in [6.45, 7) is 4.70. The molecule has 1 nitrogen and oxygen atoms in total. The second-order valence-electron chi connectivity index (χ2n) is 9.42. The number of hydrogen-bond acceptors (Lipinski definition) is 1. The fourth-order valence-corrected chi connectivity index (χ4v) is 6.43. The summed E-state index contributed by atoms with van der Waals surface area (Å²) in [4.78, 5) is 0. The minimum Gasteiger partial charge on any atom is -0.198 e. The molecular formula is C23H39N. The van der Waals surface area contributed by atoms with Gasteiger partial charge >= 0.3 is 0 Å². The predicted octanol–water partition coefficient (Wildman–Crippen LogP) is 7.12. The minimum absolute atomic E-state index is 0.0514. The van der Waals surface area contributed by atoms with Crippen LogP contribution in [0.5, 0.6) is 0 Å². The molecule has 0 aromatic heterocycles. The maximum absolute atomic E-state index is 10.0. The lowest BCUT2D eigenvalue weighted by molar-refractivity contribution is 0.0612. The van der Waals surface area contributed by atoms with Gasteiger partial charge in [-0.05, 0) is 81.0 Å². The van der Waals surface area contributed by atoms with E-state index in [0.717, 1.165) is 23.7 Å². The Morgan fingerprint density at radius 1 is 0.708 bits per heavy atom. The summed E-state index contributed by atoms with van der Waals surface area (Å²) in [5.74, 6) is 4.59. The molecule has 0 heterocycles. The average Bonchev–Trinajstić information content (AvgIpc) is 2.68. The largest absolute Gasteiger partial charge is 0.198 e. The Morgan fingerprint density at radius 2 is 1.17 bits per heavy atom. The van der Waals surface area contributed by atoms with Gasteiger partial charge in [-0.25, -0.2) is 0 Å². The van der Waals surface area contributed by atoms with Gasteiger partial charge in [-0.2, -0.15) is 5.26 Å². The molecule has 3 aliphatic rings. The summed E-state index contributed by atoms with van der Waals surface area (Å²) in [6, 6.07) is 2.86. The Kier molecular flexibility index (Phi) is 6.28. The Bertz CT molecular complexity index is 410. The molecular weight excluding hydrogens is 290 g/mol. The summed E-state index contributed by atoms with van der Waals surface area (Å²) in [7, 11) is 0. The average molecular weight is 330 g/mol. The Hall–Kier alpha value is -0.510. The molecule has 0 aliphatic heterocycles. The topological polar surface area (TPSA) is 23.8 Å². The molecule has 3 aliphatic carbocycles. The van der Waals surface area contributed by atoms with Crippen LogP contribution in [0.2, 0.25) is 0 Å². The van der Waals surface area contributed by atoms with E-state index in [-0.39, 0.29) is 5.41 Å². The van der Waals surface area contributed by atoms with Crippen LogP contribution in [-0.2, 0) is 0 Å². The van der Waals surface area contributed by atoms with Gasteiger partial charge in [-0.3, -0.25) is 0 Å². The van der Waals surface area contributed by atoms with E-state index in [0.29, 0.717) is 5.92 Å². The van der Waals surface area contributed by atoms with Crippen molar-refractivity contribution in [3.05, 3.63) is 0 Å². The molecule has 0 bridgehead atoms. The van der Waals surface area contributed by atoms with Gasteiger partial charge in [0.2, 0.25) is 0 Å². The zero-order chi connectivity index (χ0) is 17.0. The normalized spacial score (nSPS) is 44.0. The fraction of sp³-hybridized carbons (Fsp3) is 0.957. The van der Waals surface area contributed by atoms with Crippen molar-refractivity contribution >= 4 is 0 Å². The van der Waals surface area contributed by atoms with Crippen molar-refractivity contribution in [1.82, 2.24) is 0 Å². The first-order valence-electron chi connectivity index (χ1n) is 11.1. The predicted molar refractivity (Wildman–Crippen MR) is 101 cm³/mol. The van der Waals surface area contributed by atoms with Gasteiger partial charge in [0.1, 0.15) is 0 Å². The van der Waals surface area contributed by atoms with Crippen molar-refractivity contribution in [3.8, 4) is 6.07 Å². The molecule has 0 radical (unpaired) electrons. The van der Waals surface area contributed by atoms with Crippen molar-refractivity contribution in [2.75, 3.05) is 0 Å². The second-order valence-corrected chi connectivity index (χ2v) is 9.42. The number of nitrogens with zero attached hydrogens (tertiary/aromatic N) is 1. The van der Waals surface area contributed by atoms with Crippen LogP contribution in [0, 0.1) is 46.3 Å². The highest BCUT2D eigenvalue weighted by atomic mass is 14.5. The van der Waals surface area contributed by atoms with Gasteiger partial charge in [-0.15, -0.1) is 0 Å². The monoisotopic (exact) mass is 329 g/mol. The van der Waals surface area contributed by atoms with Crippen LogP contribution in [-0.4, -0.2) is 0 Å². The third-order valence-corrected chi connectivity index (χ3v) is 8.49. The minimum atomic E-state index is 0.0514. The van der Waals surface area contributed by atoms with E-state index in [1.165, 1.54) is 89.9 Å². The SMILES string of the molecule is CCC1CCC([C@H]2CC[C@](C#N)(C3CCC(CC)CC3)CC2)CC1. The van der Waals surface area contributed by atoms with Gasteiger partial charge < -0.3 is 0 Å². The lowest BCUT2D eigenvalue weighted by atomic mass is 9.58. The van der Waals surface area contributed by atoms with Gasteiger partial charge in [0.15, 0.2) is 0 Å². The van der Waals surface area contributed by atoms with Crippen molar-refractivity contribution < 1.29 is 0 Å². The summed E-state index contributed by atoms with van der Waals surface area (Å²) in [5.41, 5.74) is 0.0514. The van der Waals surface area contributed by atoms with E-state index in [9.17, 15) is 5.26 Å². The molecule has 0 atom stereocenters. The van der Waals surface area contributed by atoms with Crippen molar-refractivity contribution in [2.24, 2.45) is 35.0 Å². The third kappa shape index (κ3) is 3.84. The van der Waals surface area contributed by atoms with Crippen LogP contribution >= 0.6 is 0 Å². The lowest BCUT2D eigenvalue weighted by Gasteiger charge is -2.45. The van der Waals surface area contributed by atoms with E-state index in [1.54, 1.807) is 0 Å². The number of rotatable bonds is 4. The molecule has 1 heteroatoms. The standard InChI is InChI=1S/C23H39N/c1-3-18-5-9-20(10-6-18)21-13-15-23(17-24,16-14-21)22-11-7-19(4-2)8-12-22/h18-22H,3-16H2,1-2H3/t18?,19?,20?,21-,22?,23-. The van der Waals surface area contributed by atoms with E-state index < -0.39 is 0 Å². The first kappa shape index (κ1) is 18.3. The first-order chi connectivity index (χ1) is 11.7. The first-order valence-corrected chi connectivity index (χ1v) is 11.1. The Morgan fingerprint density at radius 3 is 1.62 bits per heavy atom. The van der Waals surface area contributed by atoms with E-state index in [1.807, 2.05) is 0 Å². The van der Waals surface area contributed by atoms with Crippen LogP contribution in [0.25, 0.3) is 0 Å². The highest BCUT2D eigenvalue weighted by Gasteiger charge is 2.44. The van der Waals surface area contributed by atoms with Crippen molar-refractivity contribution in [1.29, 1.82) is 5.26 Å². The molecule has 0 unspecified atom stereocenters.